The summed E-state index contributed by atoms with van der Waals surface area (Å²) >= 11 is 0. The van der Waals surface area contributed by atoms with Crippen molar-refractivity contribution in [2.75, 3.05) is 26.4 Å². The van der Waals surface area contributed by atoms with E-state index in [1.807, 2.05) is 6.08 Å². The number of rotatable bonds is 52. The summed E-state index contributed by atoms with van der Waals surface area (Å²) in [7, 11) is 0. The molecule has 12 N–H and O–H groups in total. The van der Waals surface area contributed by atoms with E-state index in [0.29, 0.717) is 12.8 Å². The number of carbonyl (C=O) groups excluding carboxylic acids is 1. The maximum atomic E-state index is 13.4. The average Bonchev–Trinajstić information content (AvgIpc) is 0.885. The van der Waals surface area contributed by atoms with Gasteiger partial charge in [0.15, 0.2) is 18.9 Å². The van der Waals surface area contributed by atoms with Crippen LogP contribution in [0.1, 0.15) is 219 Å². The van der Waals surface area contributed by atoms with Crippen LogP contribution in [0.3, 0.4) is 0 Å². The van der Waals surface area contributed by atoms with Crippen LogP contribution in [0.15, 0.2) is 97.2 Å². The summed E-state index contributed by atoms with van der Waals surface area (Å²) in [4.78, 5) is 13.4. The summed E-state index contributed by atoms with van der Waals surface area (Å²) < 4.78 is 34.3. The fraction of sp³-hybridized carbons (Fsp3) is 0.764. The third-order valence-electron chi connectivity index (χ3n) is 16.9. The predicted octanol–water partition coefficient (Wildman–Crippen LogP) is 9.27. The number of hydrogen-bond donors (Lipinski definition) is 12. The van der Waals surface area contributed by atoms with Gasteiger partial charge in [-0.2, -0.15) is 0 Å². The molecule has 0 aromatic heterocycles. The Hall–Kier alpha value is -3.29. The highest BCUT2D eigenvalue weighted by Gasteiger charge is 2.53. The molecule has 0 bridgehead atoms. The van der Waals surface area contributed by atoms with Crippen LogP contribution in [0.4, 0.5) is 0 Å². The Morgan fingerprint density at radius 3 is 1.23 bits per heavy atom. The molecule has 524 valence electrons. The summed E-state index contributed by atoms with van der Waals surface area (Å²) in [6.07, 6.45) is 42.3. The first-order valence-corrected chi connectivity index (χ1v) is 35.0. The molecule has 17 atom stereocenters. The summed E-state index contributed by atoms with van der Waals surface area (Å²) in [5.74, 6) is -0.298. The molecule has 3 aliphatic rings. The van der Waals surface area contributed by atoms with Crippen molar-refractivity contribution in [3.05, 3.63) is 97.2 Å². The average molecular weight is 1290 g/mol. The van der Waals surface area contributed by atoms with E-state index in [1.165, 1.54) is 83.5 Å². The number of ether oxygens (including phenoxy) is 6. The molecule has 3 fully saturated rings. The van der Waals surface area contributed by atoms with Gasteiger partial charge in [0.1, 0.15) is 73.2 Å². The third kappa shape index (κ3) is 34.8. The molecule has 17 unspecified atom stereocenters. The van der Waals surface area contributed by atoms with Gasteiger partial charge in [-0.25, -0.2) is 0 Å². The van der Waals surface area contributed by atoms with E-state index >= 15 is 0 Å². The van der Waals surface area contributed by atoms with Crippen molar-refractivity contribution >= 4 is 5.91 Å². The van der Waals surface area contributed by atoms with Crippen molar-refractivity contribution in [2.45, 2.75) is 324 Å². The van der Waals surface area contributed by atoms with Gasteiger partial charge in [-0.3, -0.25) is 4.79 Å². The molecule has 1 amide bonds. The SMILES string of the molecule is CC/C=C\C/C=C\C/C=C\C/C=C\C/C=C\C/C=C\CCCCCCCCCCC(=O)NC(COC1OC(CO)C(OC2OC(CO)C(OC3OC(CO)C(O)C(O)C3O)C(O)C2O)C(O)C1O)C(O)/C=C/CC/C=C/CCCCCCCCCCCCCCC. The van der Waals surface area contributed by atoms with Crippen LogP contribution in [0.2, 0.25) is 0 Å². The number of aliphatic hydroxyl groups is 11. The van der Waals surface area contributed by atoms with E-state index in [-0.39, 0.29) is 18.9 Å². The van der Waals surface area contributed by atoms with Crippen molar-refractivity contribution < 1.29 is 89.4 Å². The molecule has 0 aromatic carbocycles. The zero-order valence-electron chi connectivity index (χ0n) is 55.3. The Bertz CT molecular complexity index is 2030. The van der Waals surface area contributed by atoms with Crippen molar-refractivity contribution in [3.8, 4) is 0 Å². The van der Waals surface area contributed by atoms with Crippen LogP contribution in [0.25, 0.3) is 0 Å². The number of aliphatic hydroxyl groups excluding tert-OH is 11. The monoisotopic (exact) mass is 1290 g/mol. The number of allylic oxidation sites excluding steroid dienone is 15. The number of nitrogens with one attached hydrogen (secondary N) is 1. The summed E-state index contributed by atoms with van der Waals surface area (Å²) in [6, 6.07) is -1.00. The van der Waals surface area contributed by atoms with Gasteiger partial charge >= 0.3 is 0 Å². The number of unbranched alkanes of at least 4 members (excludes halogenated alkanes) is 22. The van der Waals surface area contributed by atoms with E-state index in [1.54, 1.807) is 6.08 Å². The smallest absolute Gasteiger partial charge is 0.220 e. The summed E-state index contributed by atoms with van der Waals surface area (Å²) in [5, 5.41) is 121. The van der Waals surface area contributed by atoms with Crippen molar-refractivity contribution in [1.29, 1.82) is 0 Å². The molecule has 3 rings (SSSR count). The molecule has 19 heteroatoms. The Kier molecular flexibility index (Phi) is 47.7. The first-order valence-electron chi connectivity index (χ1n) is 35.0. The second-order valence-corrected chi connectivity index (χ2v) is 24.6. The molecule has 0 radical (unpaired) electrons. The molecule has 91 heavy (non-hydrogen) atoms. The fourth-order valence-corrected chi connectivity index (χ4v) is 11.2. The standard InChI is InChI=1S/C72H123NO18/c1-3-5-7-9-11-13-15-17-19-21-23-24-25-26-27-28-29-30-32-34-36-38-40-42-44-46-48-50-60(78)73-55(56(77)49-47-45-43-41-39-37-35-33-31-22-20-18-16-14-12-10-8-6-4-2)54-86-70-66(84)63(81)68(58(52-75)88-70)91-72-67(85)64(82)69(59(53-76)89-72)90-71-65(83)62(80)61(79)57(51-74)87-71/h5,7,11,13,17,19,23-24,26-27,29-30,39,41,47,49,55-59,61-72,74-77,79-85H,3-4,6,8-10,12,14-16,18,20-22,25,28,31-38,40,42-46,48,50-54H2,1-2H3,(H,73,78)/b7-5-,13-11-,19-17-,24-23-,27-26-,30-29-,41-39+,49-47+. The zero-order chi connectivity index (χ0) is 66.1. The van der Waals surface area contributed by atoms with Crippen LogP contribution in [0.5, 0.6) is 0 Å². The predicted molar refractivity (Wildman–Crippen MR) is 355 cm³/mol. The van der Waals surface area contributed by atoms with Crippen LogP contribution < -0.4 is 5.32 Å². The van der Waals surface area contributed by atoms with E-state index in [0.717, 1.165) is 103 Å². The van der Waals surface area contributed by atoms with Gasteiger partial charge in [0.2, 0.25) is 5.91 Å². The molecule has 19 nitrogen and oxygen atoms in total. The lowest BCUT2D eigenvalue weighted by molar-refractivity contribution is -0.379. The maximum Gasteiger partial charge on any atom is 0.220 e. The molecule has 0 saturated carbocycles. The normalized spacial score (nSPS) is 28.5. The lowest BCUT2D eigenvalue weighted by Crippen LogP contribution is -2.66. The molecule has 0 aliphatic carbocycles. The minimum absolute atomic E-state index is 0.220. The van der Waals surface area contributed by atoms with Crippen LogP contribution in [-0.2, 0) is 33.2 Å². The van der Waals surface area contributed by atoms with Gasteiger partial charge in [-0.15, -0.1) is 0 Å². The Labute approximate surface area is 545 Å². The zero-order valence-corrected chi connectivity index (χ0v) is 55.3. The molecule has 0 aromatic rings. The van der Waals surface area contributed by atoms with Crippen LogP contribution in [0, 0.1) is 0 Å². The third-order valence-corrected chi connectivity index (χ3v) is 16.9. The molecule has 0 spiro atoms. The van der Waals surface area contributed by atoms with Gasteiger partial charge in [0.05, 0.1) is 38.6 Å². The Balaban J connectivity index is 1.45. The largest absolute Gasteiger partial charge is 0.394 e. The highest BCUT2D eigenvalue weighted by Crippen LogP contribution is 2.33. The van der Waals surface area contributed by atoms with Crippen LogP contribution >= 0.6 is 0 Å². The van der Waals surface area contributed by atoms with E-state index in [9.17, 15) is 61.0 Å². The topological polar surface area (TPSA) is 307 Å². The first kappa shape index (κ1) is 81.9. The maximum absolute atomic E-state index is 13.4. The van der Waals surface area contributed by atoms with Gasteiger partial charge < -0.3 is 89.9 Å². The molecular formula is C72H123NO18. The van der Waals surface area contributed by atoms with Gasteiger partial charge in [0.25, 0.3) is 0 Å². The molecular weight excluding hydrogens is 1170 g/mol. The lowest BCUT2D eigenvalue weighted by Gasteiger charge is -2.48. The minimum Gasteiger partial charge on any atom is -0.394 e. The van der Waals surface area contributed by atoms with Crippen molar-refractivity contribution in [1.82, 2.24) is 5.32 Å². The van der Waals surface area contributed by atoms with Crippen molar-refractivity contribution in [2.24, 2.45) is 0 Å². The van der Waals surface area contributed by atoms with Gasteiger partial charge in [0, 0.05) is 6.42 Å². The molecule has 3 heterocycles. The number of carbonyl (C=O) groups is 1. The second-order valence-electron chi connectivity index (χ2n) is 24.6. The first-order chi connectivity index (χ1) is 44.3. The lowest BCUT2D eigenvalue weighted by atomic mass is 9.96. The van der Waals surface area contributed by atoms with E-state index < -0.39 is 124 Å². The fourth-order valence-electron chi connectivity index (χ4n) is 11.2. The number of amides is 1. The summed E-state index contributed by atoms with van der Waals surface area (Å²) in [6.45, 7) is 1.59. The van der Waals surface area contributed by atoms with E-state index in [2.05, 4.69) is 104 Å². The molecule has 3 saturated heterocycles. The second kappa shape index (κ2) is 52.9. The summed E-state index contributed by atoms with van der Waals surface area (Å²) in [5.41, 5.74) is 0. The Morgan fingerprint density at radius 1 is 0.407 bits per heavy atom. The van der Waals surface area contributed by atoms with Crippen molar-refractivity contribution in [3.63, 3.8) is 0 Å². The quantitative estimate of drug-likeness (QED) is 0.0199. The van der Waals surface area contributed by atoms with Gasteiger partial charge in [-0.05, 0) is 83.5 Å². The van der Waals surface area contributed by atoms with E-state index in [4.69, 9.17) is 28.4 Å². The van der Waals surface area contributed by atoms with Crippen LogP contribution in [-0.4, -0.2) is 193 Å². The highest BCUT2D eigenvalue weighted by molar-refractivity contribution is 5.76. The highest BCUT2D eigenvalue weighted by atomic mass is 16.8. The Morgan fingerprint density at radius 2 is 0.769 bits per heavy atom. The number of hydrogen-bond acceptors (Lipinski definition) is 18. The molecule has 3 aliphatic heterocycles. The minimum atomic E-state index is -1.99. The van der Waals surface area contributed by atoms with Gasteiger partial charge in [-0.1, -0.05) is 227 Å².